The maximum absolute atomic E-state index is 15.9. The predicted molar refractivity (Wildman–Crippen MR) is 452 cm³/mol. The number of guanidine groups is 3. The van der Waals surface area contributed by atoms with Gasteiger partial charge in [0, 0.05) is 49.9 Å². The summed E-state index contributed by atoms with van der Waals surface area (Å²) in [7, 11) is 0. The third kappa shape index (κ3) is 36.7. The number of nitrogens with two attached hydrogens (primary N) is 9. The van der Waals surface area contributed by atoms with E-state index in [4.69, 9.17) is 51.6 Å². The van der Waals surface area contributed by atoms with Gasteiger partial charge in [0.05, 0.1) is 25.7 Å². The van der Waals surface area contributed by atoms with Crippen LogP contribution in [-0.4, -0.2) is 262 Å². The van der Waals surface area contributed by atoms with Crippen molar-refractivity contribution in [3.05, 3.63) is 71.8 Å². The van der Waals surface area contributed by atoms with Crippen LogP contribution in [0.15, 0.2) is 75.6 Å². The van der Waals surface area contributed by atoms with E-state index in [1.54, 1.807) is 88.4 Å². The highest BCUT2D eigenvalue weighted by atomic mass is 32.1. The molecule has 3 rings (SSSR count). The number of aliphatic hydroxyl groups is 2. The number of nitrogens with zero attached hydrogens (tertiary/aromatic N) is 4. The molecule has 1 saturated carbocycles. The summed E-state index contributed by atoms with van der Waals surface area (Å²) < 4.78 is 0. The number of carbonyl (C=O) groups excluding carboxylic acids is 15. The van der Waals surface area contributed by atoms with Crippen molar-refractivity contribution in [3.63, 3.8) is 0 Å². The number of imide groups is 1. The summed E-state index contributed by atoms with van der Waals surface area (Å²) in [4.78, 5) is 239. The number of aliphatic hydroxyl groups excluding tert-OH is 2. The molecule has 43 nitrogen and oxygen atoms in total. The Morgan fingerprint density at radius 2 is 0.884 bits per heavy atom. The van der Waals surface area contributed by atoms with E-state index in [0.29, 0.717) is 28.9 Å². The van der Waals surface area contributed by atoms with E-state index < -0.39 is 228 Å². The molecule has 0 saturated heterocycles. The Bertz CT molecular complexity index is 3910. The van der Waals surface area contributed by atoms with E-state index in [-0.39, 0.29) is 121 Å². The lowest BCUT2D eigenvalue weighted by Gasteiger charge is -2.37. The highest BCUT2D eigenvalue weighted by Crippen LogP contribution is 2.31. The summed E-state index contributed by atoms with van der Waals surface area (Å²) in [5.41, 5.74) is 51.4. The van der Waals surface area contributed by atoms with E-state index in [2.05, 4.69) is 98.7 Å². The minimum atomic E-state index is -2.07. The number of hydrogen-bond acceptors (Lipinski definition) is 25. The zero-order chi connectivity index (χ0) is 90.8. The number of carboxylic acid groups (broad SMARTS) is 1. The Hall–Kier alpha value is -11.3. The minimum absolute atomic E-state index is 0.00845. The molecular formula is C76H122N24O19S2. The number of carboxylic acids is 1. The quantitative estimate of drug-likeness (QED) is 0.00962. The number of carbonyl (C=O) groups is 16. The lowest BCUT2D eigenvalue weighted by atomic mass is 9.81. The predicted octanol–water partition coefficient (Wildman–Crippen LogP) is -7.73. The first-order valence-corrected chi connectivity index (χ1v) is 40.9. The molecule has 2 aromatic rings. The fourth-order valence-corrected chi connectivity index (χ4v) is 13.2. The molecule has 0 unspecified atom stereocenters. The van der Waals surface area contributed by atoms with Crippen LogP contribution in [0, 0.1) is 23.7 Å². The first-order valence-electron chi connectivity index (χ1n) is 39.6. The molecule has 1 aliphatic carbocycles. The van der Waals surface area contributed by atoms with Crippen LogP contribution in [0.2, 0.25) is 0 Å². The number of aliphatic carboxylic acids is 1. The molecule has 32 N–H and O–H groups in total. The summed E-state index contributed by atoms with van der Waals surface area (Å²) in [5.74, 6) is -21.9. The number of hydrogen-bond donors (Lipinski definition) is 25. The van der Waals surface area contributed by atoms with E-state index >= 15 is 19.2 Å². The van der Waals surface area contributed by atoms with Crippen LogP contribution >= 0.6 is 25.3 Å². The first kappa shape index (κ1) is 104. The Balaban J connectivity index is 2.14. The zero-order valence-electron chi connectivity index (χ0n) is 68.6. The number of ketones is 1. The molecule has 0 aliphatic heterocycles. The van der Waals surface area contributed by atoms with Crippen LogP contribution in [0.5, 0.6) is 0 Å². The number of Topliss-reactive ketones (excluding diaryl/α,β-unsaturated/α-hetero) is 1. The second-order valence-corrected chi connectivity index (χ2v) is 30.4. The van der Waals surface area contributed by atoms with Gasteiger partial charge in [0.2, 0.25) is 76.7 Å². The number of rotatable bonds is 54. The number of nitrogens with one attached hydrogen (secondary N) is 11. The molecule has 14 amide bonds. The van der Waals surface area contributed by atoms with Gasteiger partial charge in [-0.25, -0.2) is 0 Å². The number of benzene rings is 2. The van der Waals surface area contributed by atoms with Gasteiger partial charge in [0.1, 0.15) is 72.5 Å². The van der Waals surface area contributed by atoms with Crippen LogP contribution in [0.25, 0.3) is 0 Å². The maximum Gasteiger partial charge on any atom is 0.305 e. The number of amides is 14. The van der Waals surface area contributed by atoms with Gasteiger partial charge in [0.15, 0.2) is 17.9 Å². The second kappa shape index (κ2) is 54.1. The molecule has 14 atom stereocenters. The van der Waals surface area contributed by atoms with Crippen molar-refractivity contribution < 1.29 is 92.0 Å². The highest BCUT2D eigenvalue weighted by molar-refractivity contribution is 7.80. The number of aliphatic imine (C=N–C) groups is 3. The van der Waals surface area contributed by atoms with Gasteiger partial charge >= 0.3 is 5.97 Å². The van der Waals surface area contributed by atoms with Crippen molar-refractivity contribution in [2.45, 2.75) is 209 Å². The summed E-state index contributed by atoms with van der Waals surface area (Å²) in [6.45, 7) is 5.93. The van der Waals surface area contributed by atoms with Crippen molar-refractivity contribution in [1.29, 1.82) is 0 Å². The van der Waals surface area contributed by atoms with Gasteiger partial charge in [0.25, 0.3) is 11.8 Å². The molecule has 0 bridgehead atoms. The van der Waals surface area contributed by atoms with Gasteiger partial charge in [-0.15, -0.1) is 0 Å². The zero-order valence-corrected chi connectivity index (χ0v) is 70.4. The largest absolute Gasteiger partial charge is 0.481 e. The van der Waals surface area contributed by atoms with Gasteiger partial charge in [-0.3, -0.25) is 96.6 Å². The molecule has 121 heavy (non-hydrogen) atoms. The molecule has 0 aromatic heterocycles. The topological polar surface area (TPSA) is 741 Å². The molecule has 1 fully saturated rings. The van der Waals surface area contributed by atoms with Crippen molar-refractivity contribution in [3.8, 4) is 0 Å². The highest BCUT2D eigenvalue weighted by Gasteiger charge is 2.45. The summed E-state index contributed by atoms with van der Waals surface area (Å²) in [6, 6.07) is -4.96. The van der Waals surface area contributed by atoms with Crippen molar-refractivity contribution in [1.82, 2.24) is 63.4 Å². The average Bonchev–Trinajstić information content (AvgIpc) is 0.794. The molecule has 1 aliphatic rings. The monoisotopic (exact) mass is 1740 g/mol. The molecule has 0 heterocycles. The summed E-state index contributed by atoms with van der Waals surface area (Å²) in [5, 5.41) is 56.8. The maximum atomic E-state index is 15.9. The van der Waals surface area contributed by atoms with Gasteiger partial charge in [-0.05, 0) is 113 Å². The lowest BCUT2D eigenvalue weighted by Crippen LogP contribution is -2.63. The van der Waals surface area contributed by atoms with Gasteiger partial charge < -0.3 is 125 Å². The first-order chi connectivity index (χ1) is 57.2. The standard InChI is InChI=1S/C76H122N24O19S2/c1-6-40(4)58(71(117)98-55(38-121)69(115)92-50(31-42-16-9-7-10-17-42)65(111)90-47(59(105)60(79)106)20-13-27-86-74(80)81)99-63(109)48(21-14-28-87-75(82)83)91-66(112)51(33-57(103)104)93-64(110)49(30-39(2)3)94-70(116)56(22-15-29-88-76(84)85)100(72(118)45-25-23-44(34-77)24-26-45)73(119)52(32-43-18-11-8-12-19-43)95-61(107)41(5)89-68(114)54(37-120)97-67(113)53(36-102)96-62(108)46(78)35-101/h7-12,16-19,39-41,44-56,58,101-102,120-121H,6,13-15,20-38,77-78H2,1-5H3,(H2,79,106)(H,89,114)(H,90,111)(H,91,112)(H,92,115)(H,93,110)(H,94,116)(H,95,107)(H,96,108)(H,97,113)(H,98,117)(H,99,109)(H,103,104)(H4,80,81,86)(H4,82,83,87)(H4,84,85,88)/t40-,41+,44?,45?,46-,47-,48-,49-,50-,51-,52-,53-,54-,55-,56-,58-/m0/s1. The van der Waals surface area contributed by atoms with Crippen molar-refractivity contribution in [2.75, 3.05) is 50.9 Å². The van der Waals surface area contributed by atoms with E-state index in [1.807, 2.05) is 0 Å². The van der Waals surface area contributed by atoms with Gasteiger partial charge in [-0.1, -0.05) is 94.8 Å². The Morgan fingerprint density at radius 3 is 1.36 bits per heavy atom. The third-order valence-electron chi connectivity index (χ3n) is 19.6. The summed E-state index contributed by atoms with van der Waals surface area (Å²) in [6.07, 6.45) is -1.58. The van der Waals surface area contributed by atoms with Crippen LogP contribution in [-0.2, 0) is 89.6 Å². The summed E-state index contributed by atoms with van der Waals surface area (Å²) >= 11 is 8.50. The van der Waals surface area contributed by atoms with Crippen LogP contribution in [0.3, 0.4) is 0 Å². The lowest BCUT2D eigenvalue weighted by molar-refractivity contribution is -0.157. The third-order valence-corrected chi connectivity index (χ3v) is 20.4. The Kier molecular flexibility index (Phi) is 46.4. The molecule has 0 spiro atoms. The Labute approximate surface area is 712 Å². The van der Waals surface area contributed by atoms with Gasteiger partial charge in [-0.2, -0.15) is 25.3 Å². The second-order valence-electron chi connectivity index (χ2n) is 29.7. The van der Waals surface area contributed by atoms with E-state index in [9.17, 15) is 72.9 Å². The normalized spacial score (nSPS) is 16.5. The van der Waals surface area contributed by atoms with Crippen LogP contribution < -0.4 is 110 Å². The minimum Gasteiger partial charge on any atom is -0.481 e. The van der Waals surface area contributed by atoms with Crippen LogP contribution in [0.1, 0.15) is 129 Å². The van der Waals surface area contributed by atoms with Crippen LogP contribution in [0.4, 0.5) is 0 Å². The molecular weight excluding hydrogens is 1620 g/mol. The van der Waals surface area contributed by atoms with E-state index in [1.165, 1.54) is 6.92 Å². The van der Waals surface area contributed by atoms with Crippen molar-refractivity contribution >= 4 is 138 Å². The van der Waals surface area contributed by atoms with E-state index in [0.717, 1.165) is 0 Å². The molecule has 0 radical (unpaired) electrons. The average molecular weight is 1740 g/mol. The fourth-order valence-electron chi connectivity index (χ4n) is 12.7. The molecule has 672 valence electrons. The smallest absolute Gasteiger partial charge is 0.305 e. The SMILES string of the molecule is CC[C@H](C)[C@H](NC(=O)[C@H](CCCN=C(N)N)NC(=O)[C@H](CC(=O)O)NC(=O)[C@H](CC(C)C)NC(=O)[C@H](CCCN=C(N)N)N(C(=O)C1CCC(CN)CC1)C(=O)[C@H](Cc1ccccc1)NC(=O)[C@@H](C)NC(=O)[C@H](CS)NC(=O)[C@H](CO)NC(=O)[C@@H](N)CO)C(=O)N[C@@H](CS)C(=O)N[C@@H](Cc1ccccc1)C(=O)N[C@@H](CCCN=C(N)N)C(=O)C(N)=O. The fraction of sp³-hybridized carbons (Fsp3) is 0.592. The molecule has 2 aromatic carbocycles. The van der Waals surface area contributed by atoms with Crippen molar-refractivity contribution in [2.24, 2.45) is 90.3 Å². The number of primary amides is 1. The Morgan fingerprint density at radius 1 is 0.471 bits per heavy atom. The molecule has 45 heteroatoms. The number of thiol groups is 2.